The second-order valence-corrected chi connectivity index (χ2v) is 5.58. The van der Waals surface area contributed by atoms with Gasteiger partial charge in [-0.3, -0.25) is 0 Å². The molecular weight excluding hydrogens is 224 g/mol. The lowest BCUT2D eigenvalue weighted by Gasteiger charge is -2.31. The third-order valence-electron chi connectivity index (χ3n) is 4.40. The van der Waals surface area contributed by atoms with Gasteiger partial charge in [-0.25, -0.2) is 9.97 Å². The normalized spacial score (nSPS) is 24.2. The summed E-state index contributed by atoms with van der Waals surface area (Å²) in [6.45, 7) is 6.68. The van der Waals surface area contributed by atoms with Gasteiger partial charge in [0.05, 0.1) is 5.52 Å². The molecule has 4 nitrogen and oxygen atoms in total. The van der Waals surface area contributed by atoms with Gasteiger partial charge in [-0.2, -0.15) is 0 Å². The quantitative estimate of drug-likeness (QED) is 0.876. The molecule has 3 heterocycles. The minimum absolute atomic E-state index is 0.148. The van der Waals surface area contributed by atoms with Gasteiger partial charge in [-0.05, 0) is 31.0 Å². The van der Waals surface area contributed by atoms with Gasteiger partial charge in [0.1, 0.15) is 5.82 Å². The van der Waals surface area contributed by atoms with Crippen molar-refractivity contribution >= 4 is 11.2 Å². The molecule has 3 rings (SSSR count). The number of hydrogen-bond acceptors (Lipinski definition) is 3. The number of rotatable bonds is 2. The van der Waals surface area contributed by atoms with Gasteiger partial charge in [-0.15, -0.1) is 0 Å². The molecule has 0 radical (unpaired) electrons. The second-order valence-electron chi connectivity index (χ2n) is 5.58. The molecule has 2 aromatic heterocycles. The summed E-state index contributed by atoms with van der Waals surface area (Å²) in [6.07, 6.45) is 2.97. The zero-order valence-electron chi connectivity index (χ0n) is 11.3. The lowest BCUT2D eigenvalue weighted by Crippen LogP contribution is -2.37. The van der Waals surface area contributed by atoms with Crippen LogP contribution in [0.4, 0.5) is 0 Å². The van der Waals surface area contributed by atoms with E-state index in [1.165, 1.54) is 5.82 Å². The van der Waals surface area contributed by atoms with E-state index in [4.69, 9.17) is 4.98 Å². The average molecular weight is 244 g/mol. The lowest BCUT2D eigenvalue weighted by molar-refractivity contribution is 0.311. The van der Waals surface area contributed by atoms with Crippen LogP contribution in [0, 0.1) is 5.92 Å². The number of nitrogens with one attached hydrogen (secondary N) is 1. The Morgan fingerprint density at radius 2 is 2.28 bits per heavy atom. The lowest BCUT2D eigenvalue weighted by atomic mass is 9.75. The van der Waals surface area contributed by atoms with Crippen molar-refractivity contribution in [2.24, 2.45) is 13.0 Å². The first kappa shape index (κ1) is 11.7. The highest BCUT2D eigenvalue weighted by molar-refractivity contribution is 5.71. The number of aromatic nitrogens is 3. The third kappa shape index (κ3) is 1.48. The molecule has 1 aliphatic rings. The Kier molecular flexibility index (Phi) is 2.63. The van der Waals surface area contributed by atoms with E-state index in [0.717, 1.165) is 30.7 Å². The maximum atomic E-state index is 4.80. The van der Waals surface area contributed by atoms with Gasteiger partial charge in [0.25, 0.3) is 0 Å². The molecular formula is C14H20N4. The molecule has 18 heavy (non-hydrogen) atoms. The molecule has 0 aromatic carbocycles. The van der Waals surface area contributed by atoms with E-state index in [0.29, 0.717) is 5.92 Å². The fraction of sp³-hybridized carbons (Fsp3) is 0.571. The van der Waals surface area contributed by atoms with Crippen LogP contribution in [0.3, 0.4) is 0 Å². The number of nitrogens with zero attached hydrogens (tertiary/aromatic N) is 3. The summed E-state index contributed by atoms with van der Waals surface area (Å²) in [4.78, 5) is 9.17. The third-order valence-corrected chi connectivity index (χ3v) is 4.40. The van der Waals surface area contributed by atoms with Crippen LogP contribution in [0.15, 0.2) is 18.3 Å². The summed E-state index contributed by atoms with van der Waals surface area (Å²) in [6, 6.07) is 4.07. The molecule has 0 spiro atoms. The van der Waals surface area contributed by atoms with Crippen LogP contribution in [0.2, 0.25) is 0 Å². The number of pyridine rings is 1. The van der Waals surface area contributed by atoms with E-state index in [2.05, 4.69) is 41.8 Å². The summed E-state index contributed by atoms with van der Waals surface area (Å²) < 4.78 is 2.22. The maximum Gasteiger partial charge on any atom is 0.177 e. The van der Waals surface area contributed by atoms with Crippen molar-refractivity contribution in [1.82, 2.24) is 19.9 Å². The monoisotopic (exact) mass is 244 g/mol. The van der Waals surface area contributed by atoms with Crippen molar-refractivity contribution in [3.63, 3.8) is 0 Å². The summed E-state index contributed by atoms with van der Waals surface area (Å²) in [5, 5.41) is 3.49. The Balaban J connectivity index is 2.21. The van der Waals surface area contributed by atoms with Crippen LogP contribution < -0.4 is 5.32 Å². The highest BCUT2D eigenvalue weighted by Gasteiger charge is 2.42. The van der Waals surface area contributed by atoms with Gasteiger partial charge in [-0.1, -0.05) is 13.8 Å². The molecule has 96 valence electrons. The van der Waals surface area contributed by atoms with E-state index in [-0.39, 0.29) is 5.41 Å². The van der Waals surface area contributed by atoms with E-state index in [9.17, 15) is 0 Å². The van der Waals surface area contributed by atoms with Crippen LogP contribution in [0.1, 0.15) is 26.1 Å². The summed E-state index contributed by atoms with van der Waals surface area (Å²) >= 11 is 0. The number of fused-ring (bicyclic) bond motifs is 1. The van der Waals surface area contributed by atoms with Gasteiger partial charge in [0, 0.05) is 25.2 Å². The Morgan fingerprint density at radius 3 is 2.89 bits per heavy atom. The molecule has 0 aliphatic carbocycles. The van der Waals surface area contributed by atoms with E-state index < -0.39 is 0 Å². The first-order valence-corrected chi connectivity index (χ1v) is 6.64. The Morgan fingerprint density at radius 1 is 1.44 bits per heavy atom. The predicted octanol–water partition coefficient (Wildman–Crippen LogP) is 1.86. The zero-order valence-corrected chi connectivity index (χ0v) is 11.3. The summed E-state index contributed by atoms with van der Waals surface area (Å²) in [7, 11) is 2.11. The maximum absolute atomic E-state index is 4.80. The van der Waals surface area contributed by atoms with Crippen molar-refractivity contribution in [2.45, 2.75) is 25.7 Å². The minimum atomic E-state index is 0.148. The summed E-state index contributed by atoms with van der Waals surface area (Å²) in [5.74, 6) is 1.75. The zero-order chi connectivity index (χ0) is 12.8. The standard InChI is InChI=1S/C14H20N4/c1-10(2)14(6-8-15-9-14)13-17-12-11(18(13)3)5-4-7-16-12/h4-5,7,10,15H,6,8-9H2,1-3H3. The smallest absolute Gasteiger partial charge is 0.177 e. The van der Waals surface area contributed by atoms with E-state index in [1.54, 1.807) is 0 Å². The predicted molar refractivity (Wildman–Crippen MR) is 72.5 cm³/mol. The molecule has 0 bridgehead atoms. The molecule has 1 saturated heterocycles. The van der Waals surface area contributed by atoms with Crippen LogP contribution in [-0.2, 0) is 12.5 Å². The SMILES string of the molecule is CC(C)C1(c2nc3ncccc3n2C)CCNC1. The van der Waals surface area contributed by atoms with Crippen molar-refractivity contribution in [3.8, 4) is 0 Å². The fourth-order valence-corrected chi connectivity index (χ4v) is 3.12. The Labute approximate surface area is 107 Å². The van der Waals surface area contributed by atoms with Crippen molar-refractivity contribution in [3.05, 3.63) is 24.2 Å². The molecule has 2 aromatic rings. The first-order chi connectivity index (χ1) is 8.65. The van der Waals surface area contributed by atoms with Crippen molar-refractivity contribution in [2.75, 3.05) is 13.1 Å². The highest BCUT2D eigenvalue weighted by atomic mass is 15.1. The second kappa shape index (κ2) is 4.05. The Bertz CT molecular complexity index is 564. The van der Waals surface area contributed by atoms with Crippen LogP contribution >= 0.6 is 0 Å². The van der Waals surface area contributed by atoms with Crippen LogP contribution in [0.25, 0.3) is 11.2 Å². The van der Waals surface area contributed by atoms with Crippen LogP contribution in [-0.4, -0.2) is 27.6 Å². The highest BCUT2D eigenvalue weighted by Crippen LogP contribution is 2.38. The molecule has 1 N–H and O–H groups in total. The molecule has 1 unspecified atom stereocenters. The van der Waals surface area contributed by atoms with Crippen LogP contribution in [0.5, 0.6) is 0 Å². The summed E-state index contributed by atoms with van der Waals surface area (Å²) in [5.41, 5.74) is 2.14. The molecule has 1 fully saturated rings. The topological polar surface area (TPSA) is 42.7 Å². The average Bonchev–Trinajstić information content (AvgIpc) is 2.96. The van der Waals surface area contributed by atoms with Crippen molar-refractivity contribution < 1.29 is 0 Å². The molecule has 1 aliphatic heterocycles. The molecule has 1 atom stereocenters. The minimum Gasteiger partial charge on any atom is -0.329 e. The largest absolute Gasteiger partial charge is 0.329 e. The van der Waals surface area contributed by atoms with E-state index >= 15 is 0 Å². The van der Waals surface area contributed by atoms with Gasteiger partial charge in [0.15, 0.2) is 5.65 Å². The van der Waals surface area contributed by atoms with Gasteiger partial charge < -0.3 is 9.88 Å². The number of aryl methyl sites for hydroxylation is 1. The molecule has 4 heteroatoms. The number of hydrogen-bond donors (Lipinski definition) is 1. The molecule has 0 saturated carbocycles. The first-order valence-electron chi connectivity index (χ1n) is 6.64. The van der Waals surface area contributed by atoms with Gasteiger partial charge >= 0.3 is 0 Å². The van der Waals surface area contributed by atoms with Gasteiger partial charge in [0.2, 0.25) is 0 Å². The van der Waals surface area contributed by atoms with Crippen molar-refractivity contribution in [1.29, 1.82) is 0 Å². The Hall–Kier alpha value is -1.42. The fourth-order valence-electron chi connectivity index (χ4n) is 3.12. The van der Waals surface area contributed by atoms with E-state index in [1.807, 2.05) is 12.3 Å². The number of imidazole rings is 1. The molecule has 0 amide bonds.